The number of nitrogens with one attached hydrogen (secondary N) is 1. The highest BCUT2D eigenvalue weighted by atomic mass is 32.2. The molecule has 0 amide bonds. The molecule has 0 bridgehead atoms. The Hall–Kier alpha value is -3.43. The monoisotopic (exact) mass is 459 g/mol. The smallest absolute Gasteiger partial charge is 0.261 e. The highest BCUT2D eigenvalue weighted by Gasteiger charge is 2.16. The Bertz CT molecular complexity index is 1110. The van der Waals surface area contributed by atoms with Crippen LogP contribution < -0.4 is 23.7 Å². The second kappa shape index (κ2) is 10.7. The molecule has 0 aliphatic carbocycles. The van der Waals surface area contributed by atoms with Crippen LogP contribution in [0.1, 0.15) is 0 Å². The summed E-state index contributed by atoms with van der Waals surface area (Å²) in [5, 5.41) is 0. The van der Waals surface area contributed by atoms with E-state index >= 15 is 0 Å². The number of rotatable bonds is 11. The van der Waals surface area contributed by atoms with Crippen LogP contribution in [0.3, 0.4) is 0 Å². The van der Waals surface area contributed by atoms with Gasteiger partial charge in [0.25, 0.3) is 10.0 Å². The highest BCUT2D eigenvalue weighted by molar-refractivity contribution is 7.92. The van der Waals surface area contributed by atoms with Crippen molar-refractivity contribution in [1.82, 2.24) is 0 Å². The fourth-order valence-corrected chi connectivity index (χ4v) is 3.81. The minimum Gasteiger partial charge on any atom is -0.497 e. The third-order valence-electron chi connectivity index (χ3n) is 4.39. The second-order valence-corrected chi connectivity index (χ2v) is 8.24. The lowest BCUT2D eigenvalue weighted by Gasteiger charge is -2.14. The van der Waals surface area contributed by atoms with Crippen LogP contribution in [0, 0.1) is 0 Å². The van der Waals surface area contributed by atoms with E-state index < -0.39 is 10.0 Å². The molecule has 0 aromatic heterocycles. The van der Waals surface area contributed by atoms with Gasteiger partial charge in [0, 0.05) is 13.2 Å². The Morgan fingerprint density at radius 3 is 2.00 bits per heavy atom. The summed E-state index contributed by atoms with van der Waals surface area (Å²) in [5.74, 6) is 2.62. The van der Waals surface area contributed by atoms with Gasteiger partial charge in [-0.05, 0) is 60.7 Å². The van der Waals surface area contributed by atoms with Gasteiger partial charge in [0.15, 0.2) is 11.5 Å². The summed E-state index contributed by atoms with van der Waals surface area (Å²) in [7, 11) is 0.854. The lowest BCUT2D eigenvalue weighted by molar-refractivity contribution is 0.146. The zero-order valence-electron chi connectivity index (χ0n) is 18.0. The van der Waals surface area contributed by atoms with Gasteiger partial charge in [-0.1, -0.05) is 0 Å². The maximum Gasteiger partial charge on any atom is 0.261 e. The summed E-state index contributed by atoms with van der Waals surface area (Å²) < 4.78 is 54.9. The van der Waals surface area contributed by atoms with E-state index in [1.165, 1.54) is 19.2 Å². The van der Waals surface area contributed by atoms with Gasteiger partial charge in [-0.15, -0.1) is 0 Å². The number of benzene rings is 3. The Morgan fingerprint density at radius 2 is 1.38 bits per heavy atom. The SMILES string of the molecule is COCCOc1ccc(S(=O)(=O)Nc2ccc(OC)c(Oc3ccc(OC)cc3)c2)cc1. The van der Waals surface area contributed by atoms with Crippen molar-refractivity contribution in [3.8, 4) is 28.7 Å². The third kappa shape index (κ3) is 6.05. The Kier molecular flexibility index (Phi) is 7.80. The molecule has 0 radical (unpaired) electrons. The fraction of sp³-hybridized carbons (Fsp3) is 0.217. The quantitative estimate of drug-likeness (QED) is 0.427. The molecule has 32 heavy (non-hydrogen) atoms. The minimum atomic E-state index is -3.82. The van der Waals surface area contributed by atoms with Crippen LogP contribution in [-0.4, -0.2) is 43.0 Å². The molecule has 0 spiro atoms. The van der Waals surface area contributed by atoms with Crippen molar-refractivity contribution in [2.45, 2.75) is 4.90 Å². The first kappa shape index (κ1) is 23.2. The van der Waals surface area contributed by atoms with Crippen LogP contribution in [0.2, 0.25) is 0 Å². The maximum absolute atomic E-state index is 12.8. The molecule has 8 nitrogen and oxygen atoms in total. The molecule has 0 unspecified atom stereocenters. The van der Waals surface area contributed by atoms with Gasteiger partial charge in [-0.3, -0.25) is 4.72 Å². The number of ether oxygens (including phenoxy) is 5. The van der Waals surface area contributed by atoms with Crippen molar-refractivity contribution < 1.29 is 32.1 Å². The topological polar surface area (TPSA) is 92.3 Å². The zero-order chi connectivity index (χ0) is 23.0. The molecule has 0 atom stereocenters. The molecule has 0 saturated heterocycles. The van der Waals surface area contributed by atoms with Crippen molar-refractivity contribution in [3.63, 3.8) is 0 Å². The van der Waals surface area contributed by atoms with Crippen LogP contribution in [0.25, 0.3) is 0 Å². The van der Waals surface area contributed by atoms with Crippen molar-refractivity contribution in [3.05, 3.63) is 66.7 Å². The van der Waals surface area contributed by atoms with Gasteiger partial charge in [0.05, 0.1) is 31.4 Å². The first-order valence-corrected chi connectivity index (χ1v) is 11.2. The summed E-state index contributed by atoms with van der Waals surface area (Å²) in [6.07, 6.45) is 0. The van der Waals surface area contributed by atoms with Gasteiger partial charge in [-0.25, -0.2) is 8.42 Å². The van der Waals surface area contributed by atoms with Crippen molar-refractivity contribution in [2.24, 2.45) is 0 Å². The molecule has 1 N–H and O–H groups in total. The van der Waals surface area contributed by atoms with Crippen LogP contribution in [-0.2, 0) is 14.8 Å². The van der Waals surface area contributed by atoms with Crippen molar-refractivity contribution >= 4 is 15.7 Å². The summed E-state index contributed by atoms with van der Waals surface area (Å²) in [4.78, 5) is 0.102. The summed E-state index contributed by atoms with van der Waals surface area (Å²) >= 11 is 0. The van der Waals surface area contributed by atoms with Crippen molar-refractivity contribution in [1.29, 1.82) is 0 Å². The molecular weight excluding hydrogens is 434 g/mol. The molecule has 0 saturated carbocycles. The molecule has 0 aliphatic rings. The largest absolute Gasteiger partial charge is 0.497 e. The molecule has 170 valence electrons. The van der Waals surface area contributed by atoms with E-state index in [-0.39, 0.29) is 4.90 Å². The van der Waals surface area contributed by atoms with E-state index in [1.807, 2.05) is 0 Å². The minimum absolute atomic E-state index is 0.102. The van der Waals surface area contributed by atoms with Gasteiger partial charge in [0.1, 0.15) is 23.9 Å². The van der Waals surface area contributed by atoms with Crippen LogP contribution >= 0.6 is 0 Å². The lowest BCUT2D eigenvalue weighted by atomic mass is 10.2. The summed E-state index contributed by atoms with van der Waals surface area (Å²) in [5.41, 5.74) is 0.328. The molecular formula is C23H25NO7S. The van der Waals surface area contributed by atoms with Crippen molar-refractivity contribution in [2.75, 3.05) is 39.3 Å². The number of hydrogen-bond donors (Lipinski definition) is 1. The van der Waals surface area contributed by atoms with E-state index in [9.17, 15) is 8.42 Å². The van der Waals surface area contributed by atoms with E-state index in [0.717, 1.165) is 0 Å². The molecule has 3 aromatic carbocycles. The van der Waals surface area contributed by atoms with E-state index in [4.69, 9.17) is 23.7 Å². The normalized spacial score (nSPS) is 11.0. The number of sulfonamides is 1. The zero-order valence-corrected chi connectivity index (χ0v) is 18.8. The van der Waals surface area contributed by atoms with E-state index in [1.54, 1.807) is 68.8 Å². The Balaban J connectivity index is 1.76. The van der Waals surface area contributed by atoms with Crippen LogP contribution in [0.5, 0.6) is 28.7 Å². The number of hydrogen-bond acceptors (Lipinski definition) is 7. The molecule has 3 aromatic rings. The number of anilines is 1. The van der Waals surface area contributed by atoms with Crippen LogP contribution in [0.4, 0.5) is 5.69 Å². The van der Waals surface area contributed by atoms with Gasteiger partial charge >= 0.3 is 0 Å². The fourth-order valence-electron chi connectivity index (χ4n) is 2.76. The highest BCUT2D eigenvalue weighted by Crippen LogP contribution is 2.35. The Labute approximate surface area is 187 Å². The Morgan fingerprint density at radius 1 is 0.719 bits per heavy atom. The molecule has 3 rings (SSSR count). The summed E-state index contributed by atoms with van der Waals surface area (Å²) in [6.45, 7) is 0.823. The molecule has 9 heteroatoms. The maximum atomic E-state index is 12.8. The first-order valence-electron chi connectivity index (χ1n) is 9.70. The van der Waals surface area contributed by atoms with E-state index in [0.29, 0.717) is 47.6 Å². The lowest BCUT2D eigenvalue weighted by Crippen LogP contribution is -2.13. The average Bonchev–Trinajstić information content (AvgIpc) is 2.80. The summed E-state index contributed by atoms with van der Waals surface area (Å²) in [6, 6.07) is 17.9. The number of methoxy groups -OCH3 is 3. The predicted octanol–water partition coefficient (Wildman–Crippen LogP) is 4.32. The van der Waals surface area contributed by atoms with Gasteiger partial charge < -0.3 is 23.7 Å². The van der Waals surface area contributed by atoms with Gasteiger partial charge in [0.2, 0.25) is 0 Å². The molecule has 0 heterocycles. The first-order chi connectivity index (χ1) is 15.4. The standard InChI is InChI=1S/C23H25NO7S/c1-27-14-15-30-19-9-11-21(12-10-19)32(25,26)24-17-4-13-22(29-3)23(16-17)31-20-7-5-18(28-2)6-8-20/h4-13,16,24H,14-15H2,1-3H3. The predicted molar refractivity (Wildman–Crippen MR) is 121 cm³/mol. The third-order valence-corrected chi connectivity index (χ3v) is 5.79. The average molecular weight is 460 g/mol. The molecule has 0 aliphatic heterocycles. The van der Waals surface area contributed by atoms with Crippen LogP contribution in [0.15, 0.2) is 71.6 Å². The van der Waals surface area contributed by atoms with Gasteiger partial charge in [-0.2, -0.15) is 0 Å². The van der Waals surface area contributed by atoms with E-state index in [2.05, 4.69) is 4.72 Å². The molecule has 0 fully saturated rings. The second-order valence-electron chi connectivity index (χ2n) is 6.56.